The smallest absolute Gasteiger partial charge is 0.247 e. The normalized spacial score (nSPS) is 20.2. The molecular weight excluding hydrogens is 460 g/mol. The number of fused-ring (bicyclic) bond motifs is 1. The number of likely N-dealkylation sites (tertiary alicyclic amines) is 1. The van der Waals surface area contributed by atoms with Crippen molar-refractivity contribution in [3.8, 4) is 0 Å². The molecule has 0 saturated carbocycles. The van der Waals surface area contributed by atoms with Gasteiger partial charge in [0.1, 0.15) is 18.1 Å². The van der Waals surface area contributed by atoms with E-state index < -0.39 is 24.0 Å². The van der Waals surface area contributed by atoms with Crippen molar-refractivity contribution in [2.45, 2.75) is 50.2 Å². The molecule has 0 radical (unpaired) electrons. The number of hydrogen-bond acceptors (Lipinski definition) is 5. The van der Waals surface area contributed by atoms with E-state index in [2.05, 4.69) is 25.9 Å². The Kier molecular flexibility index (Phi) is 6.66. The fraction of sp³-hybridized carbons (Fsp3) is 0.346. The third-order valence-corrected chi connectivity index (χ3v) is 6.76. The lowest BCUT2D eigenvalue weighted by atomic mass is 10.1. The Morgan fingerprint density at radius 3 is 2.67 bits per heavy atom. The fourth-order valence-electron chi connectivity index (χ4n) is 4.90. The van der Waals surface area contributed by atoms with Gasteiger partial charge in [-0.2, -0.15) is 0 Å². The van der Waals surface area contributed by atoms with Gasteiger partial charge in [0, 0.05) is 37.0 Å². The van der Waals surface area contributed by atoms with Gasteiger partial charge in [-0.15, -0.1) is 0 Å². The van der Waals surface area contributed by atoms with Crippen molar-refractivity contribution in [1.82, 2.24) is 25.5 Å². The van der Waals surface area contributed by atoms with E-state index in [1.54, 1.807) is 11.1 Å². The number of nitrogens with zero attached hydrogens (tertiary/aromatic N) is 2. The summed E-state index contributed by atoms with van der Waals surface area (Å²) in [6, 6.07) is 11.4. The lowest BCUT2D eigenvalue weighted by Gasteiger charge is -2.29. The van der Waals surface area contributed by atoms with Gasteiger partial charge in [-0.25, -0.2) is 4.98 Å². The molecule has 10 nitrogen and oxygen atoms in total. The summed E-state index contributed by atoms with van der Waals surface area (Å²) < 4.78 is 0. The molecule has 1 aromatic heterocycles. The Labute approximate surface area is 207 Å². The number of hydrogen-bond donors (Lipinski definition) is 4. The highest BCUT2D eigenvalue weighted by Gasteiger charge is 2.39. The second-order valence-corrected chi connectivity index (χ2v) is 9.24. The number of amides is 4. The standard InChI is InChI=1S/C26H28N6O4/c33-23-10-9-20(30-23)24(34)31-21(13-19-14-27-15-28-19)26(36)32-11-3-6-22(32)25(35)29-18-8-7-16-4-1-2-5-17(16)12-18/h1-2,4-5,7-8,12,14-15,20-22H,3,6,9-11,13H2,(H,27,28)(H,29,35)(H,30,33)(H,31,34). The molecule has 2 aromatic carbocycles. The van der Waals surface area contributed by atoms with Crippen molar-refractivity contribution in [1.29, 1.82) is 0 Å². The molecule has 2 fully saturated rings. The summed E-state index contributed by atoms with van der Waals surface area (Å²) in [5.41, 5.74) is 1.35. The lowest BCUT2D eigenvalue weighted by molar-refractivity contribution is -0.140. The first-order chi connectivity index (χ1) is 17.5. The summed E-state index contributed by atoms with van der Waals surface area (Å²) in [5.74, 6) is -1.18. The van der Waals surface area contributed by atoms with E-state index in [-0.39, 0.29) is 30.6 Å². The van der Waals surface area contributed by atoms with Gasteiger partial charge in [-0.05, 0) is 42.2 Å². The van der Waals surface area contributed by atoms with Crippen LogP contribution in [0.5, 0.6) is 0 Å². The molecule has 3 unspecified atom stereocenters. The molecule has 5 rings (SSSR count). The van der Waals surface area contributed by atoms with Crippen molar-refractivity contribution < 1.29 is 19.2 Å². The van der Waals surface area contributed by atoms with Crippen molar-refractivity contribution in [2.24, 2.45) is 0 Å². The van der Waals surface area contributed by atoms with Gasteiger partial charge in [0.15, 0.2) is 0 Å². The summed E-state index contributed by atoms with van der Waals surface area (Å²) in [5, 5.41) is 10.5. The Hall–Kier alpha value is -4.21. The molecule has 186 valence electrons. The first kappa shape index (κ1) is 23.5. The van der Waals surface area contributed by atoms with E-state index in [1.165, 1.54) is 6.33 Å². The molecule has 2 aliphatic rings. The van der Waals surface area contributed by atoms with E-state index in [1.807, 2.05) is 42.5 Å². The molecule has 0 aliphatic carbocycles. The highest BCUT2D eigenvalue weighted by Crippen LogP contribution is 2.23. The first-order valence-electron chi connectivity index (χ1n) is 12.1. The third kappa shape index (κ3) is 5.07. The summed E-state index contributed by atoms with van der Waals surface area (Å²) in [6.07, 6.45) is 5.18. The monoisotopic (exact) mass is 488 g/mol. The molecule has 4 N–H and O–H groups in total. The minimum atomic E-state index is -0.899. The van der Waals surface area contributed by atoms with Crippen LogP contribution in [0.25, 0.3) is 10.8 Å². The number of aromatic amines is 1. The Morgan fingerprint density at radius 1 is 1.08 bits per heavy atom. The summed E-state index contributed by atoms with van der Waals surface area (Å²) in [7, 11) is 0. The van der Waals surface area contributed by atoms with Gasteiger partial charge in [-0.1, -0.05) is 30.3 Å². The zero-order chi connectivity index (χ0) is 25.1. The van der Waals surface area contributed by atoms with Gasteiger partial charge < -0.3 is 25.8 Å². The molecule has 3 aromatic rings. The Balaban J connectivity index is 1.30. The van der Waals surface area contributed by atoms with Crippen LogP contribution in [0.4, 0.5) is 5.69 Å². The van der Waals surface area contributed by atoms with E-state index >= 15 is 0 Å². The number of carbonyl (C=O) groups is 4. The van der Waals surface area contributed by atoms with Gasteiger partial charge in [-0.3, -0.25) is 19.2 Å². The van der Waals surface area contributed by atoms with Crippen LogP contribution >= 0.6 is 0 Å². The lowest BCUT2D eigenvalue weighted by Crippen LogP contribution is -2.55. The fourth-order valence-corrected chi connectivity index (χ4v) is 4.90. The van der Waals surface area contributed by atoms with Crippen LogP contribution in [0, 0.1) is 0 Å². The molecule has 3 atom stereocenters. The van der Waals surface area contributed by atoms with Gasteiger partial charge in [0.25, 0.3) is 0 Å². The number of nitrogens with one attached hydrogen (secondary N) is 4. The van der Waals surface area contributed by atoms with Crippen LogP contribution in [0.3, 0.4) is 0 Å². The van der Waals surface area contributed by atoms with E-state index in [4.69, 9.17) is 0 Å². The predicted octanol–water partition coefficient (Wildman–Crippen LogP) is 1.50. The quantitative estimate of drug-likeness (QED) is 0.400. The number of H-pyrrole nitrogens is 1. The molecule has 2 aliphatic heterocycles. The van der Waals surface area contributed by atoms with Gasteiger partial charge in [0.2, 0.25) is 23.6 Å². The van der Waals surface area contributed by atoms with Crippen molar-refractivity contribution in [3.05, 3.63) is 60.7 Å². The van der Waals surface area contributed by atoms with Crippen LogP contribution < -0.4 is 16.0 Å². The SMILES string of the molecule is O=C1CCC(C(=O)NC(Cc2cnc[nH]2)C(=O)N2CCCC2C(=O)Nc2ccc3ccccc3c2)N1. The molecule has 10 heteroatoms. The zero-order valence-corrected chi connectivity index (χ0v) is 19.7. The Morgan fingerprint density at radius 2 is 1.92 bits per heavy atom. The van der Waals surface area contributed by atoms with Crippen LogP contribution in [-0.4, -0.2) is 63.2 Å². The highest BCUT2D eigenvalue weighted by atomic mass is 16.2. The molecule has 0 bridgehead atoms. The number of anilines is 1. The van der Waals surface area contributed by atoms with Crippen molar-refractivity contribution in [3.63, 3.8) is 0 Å². The number of rotatable bonds is 7. The van der Waals surface area contributed by atoms with Crippen LogP contribution in [0.1, 0.15) is 31.4 Å². The maximum Gasteiger partial charge on any atom is 0.247 e. The first-order valence-corrected chi connectivity index (χ1v) is 12.1. The van der Waals surface area contributed by atoms with Crippen LogP contribution in [-0.2, 0) is 25.6 Å². The van der Waals surface area contributed by atoms with Crippen LogP contribution in [0.2, 0.25) is 0 Å². The topological polar surface area (TPSA) is 136 Å². The van der Waals surface area contributed by atoms with Crippen LogP contribution in [0.15, 0.2) is 55.0 Å². The summed E-state index contributed by atoms with van der Waals surface area (Å²) in [4.78, 5) is 59.7. The molecule has 3 heterocycles. The van der Waals surface area contributed by atoms with Crippen molar-refractivity contribution in [2.75, 3.05) is 11.9 Å². The van der Waals surface area contributed by atoms with E-state index in [0.29, 0.717) is 37.2 Å². The average molecular weight is 489 g/mol. The number of benzene rings is 2. The number of carbonyl (C=O) groups excluding carboxylic acids is 4. The van der Waals surface area contributed by atoms with E-state index in [9.17, 15) is 19.2 Å². The minimum Gasteiger partial charge on any atom is -0.348 e. The molecule has 0 spiro atoms. The maximum atomic E-state index is 13.6. The second kappa shape index (κ2) is 10.2. The maximum absolute atomic E-state index is 13.6. The number of imidazole rings is 1. The highest BCUT2D eigenvalue weighted by molar-refractivity contribution is 6.00. The third-order valence-electron chi connectivity index (χ3n) is 6.76. The zero-order valence-electron chi connectivity index (χ0n) is 19.7. The molecule has 36 heavy (non-hydrogen) atoms. The average Bonchev–Trinajstić information content (AvgIpc) is 3.65. The summed E-state index contributed by atoms with van der Waals surface area (Å²) >= 11 is 0. The van der Waals surface area contributed by atoms with E-state index in [0.717, 1.165) is 10.8 Å². The second-order valence-electron chi connectivity index (χ2n) is 9.24. The predicted molar refractivity (Wildman–Crippen MR) is 133 cm³/mol. The van der Waals surface area contributed by atoms with Gasteiger partial charge in [0.05, 0.1) is 6.33 Å². The minimum absolute atomic E-state index is 0.184. The largest absolute Gasteiger partial charge is 0.348 e. The van der Waals surface area contributed by atoms with Gasteiger partial charge >= 0.3 is 0 Å². The Bertz CT molecular complexity index is 1290. The summed E-state index contributed by atoms with van der Waals surface area (Å²) in [6.45, 7) is 0.421. The molecule has 4 amide bonds. The van der Waals surface area contributed by atoms with Crippen molar-refractivity contribution >= 4 is 40.1 Å². The molecular formula is C26H28N6O4. The number of aromatic nitrogens is 2. The molecule has 2 saturated heterocycles.